The Morgan fingerprint density at radius 3 is 2.40 bits per heavy atom. The minimum absolute atomic E-state index is 0.150. The lowest BCUT2D eigenvalue weighted by molar-refractivity contribution is -0.147. The normalized spacial score (nSPS) is 23.9. The lowest BCUT2D eigenvalue weighted by atomic mass is 9.88. The van der Waals surface area contributed by atoms with E-state index in [0.717, 1.165) is 76.5 Å². The summed E-state index contributed by atoms with van der Waals surface area (Å²) in [5.41, 5.74) is 1.08. The van der Waals surface area contributed by atoms with E-state index in [-0.39, 0.29) is 23.8 Å². The minimum atomic E-state index is -0.224. The first-order valence-electron chi connectivity index (χ1n) is 11.7. The number of rotatable bonds is 3. The summed E-state index contributed by atoms with van der Waals surface area (Å²) in [5.74, 6) is 1.02. The van der Waals surface area contributed by atoms with Crippen LogP contribution in [0.2, 0.25) is 0 Å². The van der Waals surface area contributed by atoms with Crippen LogP contribution in [0.25, 0.3) is 10.2 Å². The molecule has 1 saturated carbocycles. The molecule has 3 aliphatic rings. The smallest absolute Gasteiger partial charge is 0.245 e. The zero-order valence-electron chi connectivity index (χ0n) is 17.6. The second-order valence-corrected chi connectivity index (χ2v) is 10.2. The van der Waals surface area contributed by atoms with Gasteiger partial charge in [-0.3, -0.25) is 9.59 Å². The van der Waals surface area contributed by atoms with Gasteiger partial charge in [0, 0.05) is 31.5 Å². The molecule has 6 heteroatoms. The Labute approximate surface area is 182 Å². The van der Waals surface area contributed by atoms with E-state index in [1.807, 2.05) is 15.9 Å². The number of hydrogen-bond acceptors (Lipinski definition) is 4. The van der Waals surface area contributed by atoms with Crippen molar-refractivity contribution < 1.29 is 9.59 Å². The Morgan fingerprint density at radius 2 is 1.63 bits per heavy atom. The third-order valence-corrected chi connectivity index (χ3v) is 8.44. The number of amides is 2. The summed E-state index contributed by atoms with van der Waals surface area (Å²) in [7, 11) is 0. The highest BCUT2D eigenvalue weighted by Crippen LogP contribution is 2.35. The topological polar surface area (TPSA) is 53.5 Å². The second kappa shape index (κ2) is 8.66. The summed E-state index contributed by atoms with van der Waals surface area (Å²) >= 11 is 1.79. The molecule has 1 aliphatic carbocycles. The van der Waals surface area contributed by atoms with Crippen molar-refractivity contribution in [3.8, 4) is 0 Å². The van der Waals surface area contributed by atoms with Crippen molar-refractivity contribution in [2.45, 2.75) is 69.7 Å². The number of carbonyl (C=O) groups excluding carboxylic acids is 2. The number of carbonyl (C=O) groups is 2. The maximum absolute atomic E-state index is 13.3. The molecular weight excluding hydrogens is 394 g/mol. The summed E-state index contributed by atoms with van der Waals surface area (Å²) < 4.78 is 1.24. The van der Waals surface area contributed by atoms with E-state index in [0.29, 0.717) is 5.92 Å². The molecule has 1 aromatic heterocycles. The van der Waals surface area contributed by atoms with E-state index in [1.165, 1.54) is 16.1 Å². The van der Waals surface area contributed by atoms with Crippen molar-refractivity contribution in [3.05, 3.63) is 29.3 Å². The quantitative estimate of drug-likeness (QED) is 0.724. The van der Waals surface area contributed by atoms with Crippen molar-refractivity contribution in [1.29, 1.82) is 0 Å². The highest BCUT2D eigenvalue weighted by atomic mass is 32.1. The van der Waals surface area contributed by atoms with E-state index < -0.39 is 0 Å². The van der Waals surface area contributed by atoms with Crippen molar-refractivity contribution in [3.63, 3.8) is 0 Å². The first-order chi connectivity index (χ1) is 14.7. The summed E-state index contributed by atoms with van der Waals surface area (Å²) in [6, 6.07) is 8.08. The van der Waals surface area contributed by atoms with Crippen molar-refractivity contribution in [2.75, 3.05) is 19.6 Å². The Bertz CT molecular complexity index is 879. The molecule has 0 N–H and O–H groups in total. The highest BCUT2D eigenvalue weighted by Gasteiger charge is 2.40. The van der Waals surface area contributed by atoms with E-state index >= 15 is 0 Å². The van der Waals surface area contributed by atoms with Gasteiger partial charge in [-0.1, -0.05) is 31.4 Å². The fourth-order valence-electron chi connectivity index (χ4n) is 5.49. The van der Waals surface area contributed by atoms with E-state index in [4.69, 9.17) is 4.98 Å². The number of aromatic nitrogens is 1. The molecule has 2 amide bonds. The lowest BCUT2D eigenvalue weighted by Crippen LogP contribution is -2.51. The number of nitrogens with zero attached hydrogens (tertiary/aromatic N) is 3. The monoisotopic (exact) mass is 425 g/mol. The second-order valence-electron chi connectivity index (χ2n) is 9.14. The predicted octanol–water partition coefficient (Wildman–Crippen LogP) is 4.57. The lowest BCUT2D eigenvalue weighted by Gasteiger charge is -2.36. The first-order valence-corrected chi connectivity index (χ1v) is 12.5. The Kier molecular flexibility index (Phi) is 5.77. The summed E-state index contributed by atoms with van der Waals surface area (Å²) in [5, 5.41) is 1.21. The van der Waals surface area contributed by atoms with Gasteiger partial charge in [0.25, 0.3) is 0 Å². The molecule has 0 spiro atoms. The Morgan fingerprint density at radius 1 is 0.867 bits per heavy atom. The van der Waals surface area contributed by atoms with Crippen LogP contribution in [-0.4, -0.2) is 52.3 Å². The molecule has 3 fully saturated rings. The van der Waals surface area contributed by atoms with Crippen LogP contribution >= 0.6 is 11.3 Å². The van der Waals surface area contributed by atoms with Crippen LogP contribution in [0.3, 0.4) is 0 Å². The molecule has 2 aromatic rings. The van der Waals surface area contributed by atoms with Gasteiger partial charge >= 0.3 is 0 Å². The van der Waals surface area contributed by atoms with Gasteiger partial charge in [-0.15, -0.1) is 11.3 Å². The summed E-state index contributed by atoms with van der Waals surface area (Å²) in [6.45, 7) is 2.32. The molecule has 1 atom stereocenters. The molecule has 30 heavy (non-hydrogen) atoms. The molecular formula is C24H31N3O2S. The van der Waals surface area contributed by atoms with Crippen LogP contribution in [0, 0.1) is 5.92 Å². The average molecular weight is 426 g/mol. The van der Waals surface area contributed by atoms with E-state index in [9.17, 15) is 9.59 Å². The van der Waals surface area contributed by atoms with Crippen molar-refractivity contribution in [2.24, 2.45) is 5.92 Å². The molecule has 0 bridgehead atoms. The zero-order valence-corrected chi connectivity index (χ0v) is 18.4. The maximum Gasteiger partial charge on any atom is 0.245 e. The number of thiazole rings is 1. The third-order valence-electron chi connectivity index (χ3n) is 7.24. The molecule has 160 valence electrons. The first kappa shape index (κ1) is 20.0. The van der Waals surface area contributed by atoms with Crippen LogP contribution in [0.15, 0.2) is 24.3 Å². The number of piperidine rings is 1. The van der Waals surface area contributed by atoms with Gasteiger partial charge in [0.2, 0.25) is 11.8 Å². The van der Waals surface area contributed by atoms with Crippen molar-refractivity contribution in [1.82, 2.24) is 14.8 Å². The predicted molar refractivity (Wildman–Crippen MR) is 119 cm³/mol. The van der Waals surface area contributed by atoms with Gasteiger partial charge in [-0.05, 0) is 50.7 Å². The number of likely N-dealkylation sites (tertiary alicyclic amines) is 2. The standard InChI is InChI=1S/C24H31N3O2S/c28-23(18-7-2-1-3-8-18)27-14-6-10-20(27)24(29)26-15-12-17(13-16-26)22-25-19-9-4-5-11-21(19)30-22/h4-5,9,11,17-18,20H,1-3,6-8,10,12-16H2. The number of para-hydroxylation sites is 1. The molecule has 2 aliphatic heterocycles. The molecule has 5 rings (SSSR count). The average Bonchev–Trinajstić information content (AvgIpc) is 3.46. The number of fused-ring (bicyclic) bond motifs is 1. The van der Waals surface area contributed by atoms with Crippen LogP contribution in [0.5, 0.6) is 0 Å². The van der Waals surface area contributed by atoms with Gasteiger partial charge in [0.05, 0.1) is 15.2 Å². The highest BCUT2D eigenvalue weighted by molar-refractivity contribution is 7.18. The van der Waals surface area contributed by atoms with Gasteiger partial charge < -0.3 is 9.80 Å². The maximum atomic E-state index is 13.3. The SMILES string of the molecule is O=C(C1CCCN1C(=O)C1CCCCC1)N1CCC(c2nc3ccccc3s2)CC1. The summed E-state index contributed by atoms with van der Waals surface area (Å²) in [4.78, 5) is 35.1. The fourth-order valence-corrected chi connectivity index (χ4v) is 6.63. The number of hydrogen-bond donors (Lipinski definition) is 0. The van der Waals surface area contributed by atoms with Gasteiger partial charge in [-0.25, -0.2) is 4.98 Å². The van der Waals surface area contributed by atoms with Crippen LogP contribution in [-0.2, 0) is 9.59 Å². The van der Waals surface area contributed by atoms with E-state index in [1.54, 1.807) is 11.3 Å². The summed E-state index contributed by atoms with van der Waals surface area (Å²) in [6.07, 6.45) is 9.28. The minimum Gasteiger partial charge on any atom is -0.341 e. The Hall–Kier alpha value is -1.95. The molecule has 3 heterocycles. The van der Waals surface area contributed by atoms with Gasteiger partial charge in [0.15, 0.2) is 0 Å². The fraction of sp³-hybridized carbons (Fsp3) is 0.625. The van der Waals surface area contributed by atoms with E-state index in [2.05, 4.69) is 18.2 Å². The molecule has 5 nitrogen and oxygen atoms in total. The molecule has 0 radical (unpaired) electrons. The van der Waals surface area contributed by atoms with Crippen LogP contribution in [0.1, 0.15) is 68.7 Å². The number of benzene rings is 1. The van der Waals surface area contributed by atoms with Gasteiger partial charge in [-0.2, -0.15) is 0 Å². The molecule has 2 saturated heterocycles. The van der Waals surface area contributed by atoms with Crippen LogP contribution < -0.4 is 0 Å². The van der Waals surface area contributed by atoms with Crippen LogP contribution in [0.4, 0.5) is 0 Å². The third kappa shape index (κ3) is 3.86. The largest absolute Gasteiger partial charge is 0.341 e. The van der Waals surface area contributed by atoms with Gasteiger partial charge in [0.1, 0.15) is 6.04 Å². The molecule has 1 aromatic carbocycles. The molecule has 1 unspecified atom stereocenters. The van der Waals surface area contributed by atoms with Crippen molar-refractivity contribution >= 4 is 33.4 Å². The Balaban J connectivity index is 1.21. The zero-order chi connectivity index (χ0) is 20.5.